The SMILES string of the molecule is Cc1c(C(=O)N(C)CC(C)C)sc2nc3n(c(=O)c12)CCCCC3. The summed E-state index contributed by atoms with van der Waals surface area (Å²) < 4.78 is 1.82. The number of aryl methyl sites for hydroxylation is 2. The van der Waals surface area contributed by atoms with Gasteiger partial charge in [0.25, 0.3) is 11.5 Å². The predicted molar refractivity (Wildman–Crippen MR) is 98.0 cm³/mol. The number of nitrogens with zero attached hydrogens (tertiary/aromatic N) is 3. The number of fused-ring (bicyclic) bond motifs is 2. The third-order valence-electron chi connectivity index (χ3n) is 4.59. The first-order valence-electron chi connectivity index (χ1n) is 8.68. The van der Waals surface area contributed by atoms with Gasteiger partial charge in [0, 0.05) is 26.6 Å². The molecule has 6 heteroatoms. The Kier molecular flexibility index (Phi) is 4.76. The van der Waals surface area contributed by atoms with Crippen molar-refractivity contribution in [2.45, 2.75) is 53.0 Å². The maximum Gasteiger partial charge on any atom is 0.264 e. The van der Waals surface area contributed by atoms with E-state index in [4.69, 9.17) is 4.98 Å². The zero-order valence-electron chi connectivity index (χ0n) is 14.9. The van der Waals surface area contributed by atoms with Gasteiger partial charge in [-0.2, -0.15) is 0 Å². The molecule has 130 valence electrons. The van der Waals surface area contributed by atoms with Crippen LogP contribution in [0.2, 0.25) is 0 Å². The molecule has 2 aromatic heterocycles. The van der Waals surface area contributed by atoms with Crippen molar-refractivity contribution in [2.24, 2.45) is 5.92 Å². The van der Waals surface area contributed by atoms with Crippen molar-refractivity contribution in [2.75, 3.05) is 13.6 Å². The number of thiophene rings is 1. The summed E-state index contributed by atoms with van der Waals surface area (Å²) in [6.07, 6.45) is 4.08. The fraction of sp³-hybridized carbons (Fsp3) is 0.611. The van der Waals surface area contributed by atoms with E-state index >= 15 is 0 Å². The maximum absolute atomic E-state index is 12.9. The predicted octanol–water partition coefficient (Wildman–Crippen LogP) is 3.22. The van der Waals surface area contributed by atoms with Gasteiger partial charge in [0.2, 0.25) is 0 Å². The number of amides is 1. The van der Waals surface area contributed by atoms with Gasteiger partial charge in [-0.3, -0.25) is 14.2 Å². The summed E-state index contributed by atoms with van der Waals surface area (Å²) in [5.74, 6) is 1.28. The lowest BCUT2D eigenvalue weighted by atomic mass is 10.1. The standard InChI is InChI=1S/C18H25N3O2S/c1-11(2)10-20(4)18(23)15-12(3)14-16(24-15)19-13-8-6-5-7-9-21(13)17(14)22/h11H,5-10H2,1-4H3. The molecule has 0 aromatic carbocycles. The molecule has 0 fully saturated rings. The van der Waals surface area contributed by atoms with Crippen LogP contribution in [0.5, 0.6) is 0 Å². The van der Waals surface area contributed by atoms with Crippen LogP contribution >= 0.6 is 11.3 Å². The molecule has 0 atom stereocenters. The summed E-state index contributed by atoms with van der Waals surface area (Å²) >= 11 is 1.37. The Hall–Kier alpha value is -1.69. The van der Waals surface area contributed by atoms with Crippen molar-refractivity contribution in [1.82, 2.24) is 14.5 Å². The van der Waals surface area contributed by atoms with Gasteiger partial charge in [0.15, 0.2) is 0 Å². The summed E-state index contributed by atoms with van der Waals surface area (Å²) in [6.45, 7) is 7.50. The topological polar surface area (TPSA) is 55.2 Å². The molecule has 5 nitrogen and oxygen atoms in total. The first-order valence-corrected chi connectivity index (χ1v) is 9.50. The van der Waals surface area contributed by atoms with Crippen LogP contribution in [0.1, 0.15) is 54.2 Å². The third kappa shape index (κ3) is 2.99. The van der Waals surface area contributed by atoms with Gasteiger partial charge < -0.3 is 4.90 Å². The van der Waals surface area contributed by atoms with E-state index in [-0.39, 0.29) is 11.5 Å². The average molecular weight is 347 g/mol. The zero-order chi connectivity index (χ0) is 17.4. The van der Waals surface area contributed by atoms with Gasteiger partial charge in [-0.05, 0) is 31.2 Å². The molecule has 0 saturated heterocycles. The largest absolute Gasteiger partial charge is 0.341 e. The van der Waals surface area contributed by atoms with Crippen LogP contribution < -0.4 is 5.56 Å². The summed E-state index contributed by atoms with van der Waals surface area (Å²) in [6, 6.07) is 0. The lowest BCUT2D eigenvalue weighted by molar-refractivity contribution is 0.0783. The van der Waals surface area contributed by atoms with Crippen molar-refractivity contribution >= 4 is 27.5 Å². The number of hydrogen-bond acceptors (Lipinski definition) is 4. The molecular weight excluding hydrogens is 322 g/mol. The molecule has 3 rings (SSSR count). The van der Waals surface area contributed by atoms with Gasteiger partial charge in [0.1, 0.15) is 10.7 Å². The Balaban J connectivity index is 2.10. The van der Waals surface area contributed by atoms with Crippen LogP contribution in [0.15, 0.2) is 4.79 Å². The van der Waals surface area contributed by atoms with E-state index in [1.54, 1.807) is 4.90 Å². The van der Waals surface area contributed by atoms with Gasteiger partial charge in [-0.1, -0.05) is 20.3 Å². The Morgan fingerprint density at radius 2 is 2.08 bits per heavy atom. The molecule has 0 spiro atoms. The summed E-state index contributed by atoms with van der Waals surface area (Å²) in [4.78, 5) is 33.5. The molecule has 1 aliphatic heterocycles. The highest BCUT2D eigenvalue weighted by molar-refractivity contribution is 7.20. The fourth-order valence-electron chi connectivity index (χ4n) is 3.42. The Bertz CT molecular complexity index is 835. The van der Waals surface area contributed by atoms with E-state index in [0.29, 0.717) is 27.6 Å². The third-order valence-corrected chi connectivity index (χ3v) is 5.77. The molecule has 0 unspecified atom stereocenters. The first kappa shape index (κ1) is 17.1. The lowest BCUT2D eigenvalue weighted by Crippen LogP contribution is -2.30. The number of rotatable bonds is 3. The number of carbonyl (C=O) groups excluding carboxylic acids is 1. The monoisotopic (exact) mass is 347 g/mol. The minimum Gasteiger partial charge on any atom is -0.341 e. The molecule has 0 saturated carbocycles. The van der Waals surface area contributed by atoms with Gasteiger partial charge >= 0.3 is 0 Å². The van der Waals surface area contributed by atoms with Crippen LogP contribution in [-0.2, 0) is 13.0 Å². The van der Waals surface area contributed by atoms with E-state index in [9.17, 15) is 9.59 Å². The van der Waals surface area contributed by atoms with Crippen molar-refractivity contribution in [3.63, 3.8) is 0 Å². The van der Waals surface area contributed by atoms with Crippen molar-refractivity contribution in [3.05, 3.63) is 26.6 Å². The highest BCUT2D eigenvalue weighted by atomic mass is 32.1. The van der Waals surface area contributed by atoms with Gasteiger partial charge in [0.05, 0.1) is 10.3 Å². The number of hydrogen-bond donors (Lipinski definition) is 0. The average Bonchev–Trinajstić information content (AvgIpc) is 2.70. The van der Waals surface area contributed by atoms with Crippen LogP contribution in [0, 0.1) is 12.8 Å². The minimum atomic E-state index is -0.0104. The normalized spacial score (nSPS) is 14.7. The van der Waals surface area contributed by atoms with Crippen molar-refractivity contribution in [3.8, 4) is 0 Å². The Morgan fingerprint density at radius 3 is 2.79 bits per heavy atom. The second kappa shape index (κ2) is 6.67. The van der Waals surface area contributed by atoms with Gasteiger partial charge in [-0.15, -0.1) is 11.3 Å². The quantitative estimate of drug-likeness (QED) is 0.856. The maximum atomic E-state index is 12.9. The molecule has 0 radical (unpaired) electrons. The molecule has 2 aromatic rings. The number of aromatic nitrogens is 2. The van der Waals surface area contributed by atoms with Crippen LogP contribution in [0.3, 0.4) is 0 Å². The van der Waals surface area contributed by atoms with E-state index in [1.807, 2.05) is 18.5 Å². The van der Waals surface area contributed by atoms with E-state index in [2.05, 4.69) is 13.8 Å². The van der Waals surface area contributed by atoms with Crippen LogP contribution in [-0.4, -0.2) is 34.0 Å². The Labute approximate surface area is 146 Å². The minimum absolute atomic E-state index is 0.0104. The van der Waals surface area contributed by atoms with Crippen molar-refractivity contribution < 1.29 is 4.79 Å². The molecular formula is C18H25N3O2S. The molecule has 3 heterocycles. The fourth-order valence-corrected chi connectivity index (χ4v) is 4.60. The molecule has 24 heavy (non-hydrogen) atoms. The molecule has 1 amide bonds. The van der Waals surface area contributed by atoms with Crippen LogP contribution in [0.4, 0.5) is 0 Å². The Morgan fingerprint density at radius 1 is 1.33 bits per heavy atom. The van der Waals surface area contributed by atoms with E-state index < -0.39 is 0 Å². The van der Waals surface area contributed by atoms with Crippen LogP contribution in [0.25, 0.3) is 10.2 Å². The lowest BCUT2D eigenvalue weighted by Gasteiger charge is -2.18. The smallest absolute Gasteiger partial charge is 0.264 e. The van der Waals surface area contributed by atoms with Gasteiger partial charge in [-0.25, -0.2) is 4.98 Å². The van der Waals surface area contributed by atoms with E-state index in [0.717, 1.165) is 43.6 Å². The summed E-state index contributed by atoms with van der Waals surface area (Å²) in [5, 5.41) is 0.631. The first-order chi connectivity index (χ1) is 11.4. The summed E-state index contributed by atoms with van der Waals surface area (Å²) in [5.41, 5.74) is 0.809. The highest BCUT2D eigenvalue weighted by Crippen LogP contribution is 2.29. The summed E-state index contributed by atoms with van der Waals surface area (Å²) in [7, 11) is 1.82. The second-order valence-electron chi connectivity index (χ2n) is 7.11. The highest BCUT2D eigenvalue weighted by Gasteiger charge is 2.24. The number of carbonyl (C=O) groups is 1. The molecule has 0 bridgehead atoms. The molecule has 0 aliphatic carbocycles. The van der Waals surface area contributed by atoms with Crippen molar-refractivity contribution in [1.29, 1.82) is 0 Å². The molecule has 1 aliphatic rings. The zero-order valence-corrected chi connectivity index (χ0v) is 15.7. The second-order valence-corrected chi connectivity index (χ2v) is 8.11. The molecule has 0 N–H and O–H groups in total. The van der Waals surface area contributed by atoms with E-state index in [1.165, 1.54) is 11.3 Å².